The van der Waals surface area contributed by atoms with Gasteiger partial charge in [0.25, 0.3) is 0 Å². The minimum absolute atomic E-state index is 0.200. The fourth-order valence-electron chi connectivity index (χ4n) is 3.00. The Kier molecular flexibility index (Phi) is 3.22. The monoisotopic (exact) mass is 307 g/mol. The van der Waals surface area contributed by atoms with Crippen molar-refractivity contribution < 1.29 is 4.79 Å². The van der Waals surface area contributed by atoms with Crippen molar-refractivity contribution >= 4 is 34.0 Å². The second-order valence-corrected chi connectivity index (χ2v) is 5.71. The number of hydrogen-bond donors (Lipinski definition) is 2. The summed E-state index contributed by atoms with van der Waals surface area (Å²) in [6, 6.07) is 9.78. The smallest absolute Gasteiger partial charge is 0.227 e. The Morgan fingerprint density at radius 3 is 2.78 bits per heavy atom. The molecule has 1 aliphatic heterocycles. The molecule has 6 nitrogen and oxygen atoms in total. The lowest BCUT2D eigenvalue weighted by Crippen LogP contribution is -2.23. The number of aryl methyl sites for hydroxylation is 1. The van der Waals surface area contributed by atoms with Crippen LogP contribution in [0.25, 0.3) is 10.9 Å². The van der Waals surface area contributed by atoms with Crippen molar-refractivity contribution in [2.45, 2.75) is 19.8 Å². The van der Waals surface area contributed by atoms with Gasteiger partial charge >= 0.3 is 0 Å². The largest absolute Gasteiger partial charge is 0.340 e. The molecule has 1 aromatic carbocycles. The first-order valence-corrected chi connectivity index (χ1v) is 7.69. The summed E-state index contributed by atoms with van der Waals surface area (Å²) in [5, 5.41) is 11.5. The van der Waals surface area contributed by atoms with Crippen LogP contribution in [-0.4, -0.2) is 27.6 Å². The average molecular weight is 307 g/mol. The highest BCUT2D eigenvalue weighted by atomic mass is 16.2. The lowest BCUT2D eigenvalue weighted by molar-refractivity contribution is -0.117. The van der Waals surface area contributed by atoms with E-state index in [9.17, 15) is 4.79 Å². The van der Waals surface area contributed by atoms with Gasteiger partial charge in [-0.1, -0.05) is 0 Å². The van der Waals surface area contributed by atoms with Gasteiger partial charge in [-0.3, -0.25) is 9.89 Å². The predicted molar refractivity (Wildman–Crippen MR) is 89.9 cm³/mol. The molecule has 4 rings (SSSR count). The Morgan fingerprint density at radius 2 is 2.04 bits per heavy atom. The van der Waals surface area contributed by atoms with E-state index in [1.807, 2.05) is 42.2 Å². The van der Waals surface area contributed by atoms with E-state index in [1.54, 1.807) is 6.20 Å². The number of amides is 1. The first kappa shape index (κ1) is 13.8. The maximum Gasteiger partial charge on any atom is 0.227 e. The van der Waals surface area contributed by atoms with E-state index >= 15 is 0 Å². The molecule has 0 radical (unpaired) electrons. The maximum absolute atomic E-state index is 11.8. The molecular formula is C17H17N5O. The molecule has 2 N–H and O–H groups in total. The summed E-state index contributed by atoms with van der Waals surface area (Å²) in [7, 11) is 0. The molecule has 0 aliphatic carbocycles. The third-order valence-corrected chi connectivity index (χ3v) is 4.17. The van der Waals surface area contributed by atoms with Gasteiger partial charge in [-0.05, 0) is 43.7 Å². The molecule has 1 aliphatic rings. The van der Waals surface area contributed by atoms with E-state index in [0.29, 0.717) is 6.42 Å². The van der Waals surface area contributed by atoms with Crippen molar-refractivity contribution in [3.63, 3.8) is 0 Å². The Morgan fingerprint density at radius 1 is 1.22 bits per heavy atom. The molecule has 0 bridgehead atoms. The van der Waals surface area contributed by atoms with Crippen LogP contribution < -0.4 is 10.2 Å². The number of anilines is 3. The Bertz CT molecular complexity index is 868. The number of rotatable bonds is 3. The number of hydrogen-bond acceptors (Lipinski definition) is 4. The first-order valence-electron chi connectivity index (χ1n) is 7.69. The number of carbonyl (C=O) groups is 1. The molecule has 0 saturated carbocycles. The van der Waals surface area contributed by atoms with Crippen LogP contribution in [0.1, 0.15) is 18.5 Å². The van der Waals surface area contributed by atoms with Crippen LogP contribution in [0.15, 0.2) is 36.5 Å². The van der Waals surface area contributed by atoms with Crippen molar-refractivity contribution in [1.29, 1.82) is 0 Å². The minimum Gasteiger partial charge on any atom is -0.340 e. The van der Waals surface area contributed by atoms with E-state index in [4.69, 9.17) is 0 Å². The highest BCUT2D eigenvalue weighted by Gasteiger charge is 2.21. The van der Waals surface area contributed by atoms with Crippen LogP contribution in [0.2, 0.25) is 0 Å². The zero-order valence-corrected chi connectivity index (χ0v) is 12.8. The van der Waals surface area contributed by atoms with E-state index in [0.717, 1.165) is 46.8 Å². The van der Waals surface area contributed by atoms with Gasteiger partial charge in [-0.15, -0.1) is 0 Å². The molecule has 3 heterocycles. The lowest BCUT2D eigenvalue weighted by Gasteiger charge is -2.16. The van der Waals surface area contributed by atoms with Crippen LogP contribution in [0, 0.1) is 6.92 Å². The summed E-state index contributed by atoms with van der Waals surface area (Å²) < 4.78 is 0. The Hall–Kier alpha value is -2.89. The average Bonchev–Trinajstić information content (AvgIpc) is 3.15. The standard InChI is InChI=1S/C17H17N5O/c1-11-16-14(21-20-11)8-9-18-17(16)19-12-4-6-13(7-5-12)22-10-2-3-15(22)23/h4-9H,2-3,10H2,1H3,(H,18,19)(H,20,21). The molecule has 0 atom stereocenters. The molecule has 116 valence electrons. The lowest BCUT2D eigenvalue weighted by atomic mass is 10.2. The zero-order valence-electron chi connectivity index (χ0n) is 12.8. The van der Waals surface area contributed by atoms with Gasteiger partial charge in [-0.25, -0.2) is 4.98 Å². The SMILES string of the molecule is Cc1n[nH]c2ccnc(Nc3ccc(N4CCCC4=O)cc3)c12. The number of pyridine rings is 1. The van der Waals surface area contributed by atoms with Gasteiger partial charge in [-0.2, -0.15) is 5.10 Å². The number of nitrogens with zero attached hydrogens (tertiary/aromatic N) is 3. The molecule has 1 saturated heterocycles. The van der Waals surface area contributed by atoms with Crippen molar-refractivity contribution in [2.24, 2.45) is 0 Å². The minimum atomic E-state index is 0.200. The second kappa shape index (κ2) is 5.39. The summed E-state index contributed by atoms with van der Waals surface area (Å²) in [6.45, 7) is 2.76. The number of fused-ring (bicyclic) bond motifs is 1. The molecule has 0 spiro atoms. The van der Waals surface area contributed by atoms with Gasteiger partial charge < -0.3 is 10.2 Å². The number of benzene rings is 1. The number of carbonyl (C=O) groups excluding carboxylic acids is 1. The number of aromatic nitrogens is 3. The Balaban J connectivity index is 1.61. The van der Waals surface area contributed by atoms with E-state index in [1.165, 1.54) is 0 Å². The summed E-state index contributed by atoms with van der Waals surface area (Å²) >= 11 is 0. The number of H-pyrrole nitrogens is 1. The molecule has 1 fully saturated rings. The quantitative estimate of drug-likeness (QED) is 0.779. The van der Waals surface area contributed by atoms with Crippen molar-refractivity contribution in [3.05, 3.63) is 42.2 Å². The highest BCUT2D eigenvalue weighted by Crippen LogP contribution is 2.27. The van der Waals surface area contributed by atoms with Crippen LogP contribution in [-0.2, 0) is 4.79 Å². The van der Waals surface area contributed by atoms with E-state index < -0.39 is 0 Å². The molecule has 1 amide bonds. The highest BCUT2D eigenvalue weighted by molar-refractivity contribution is 5.96. The summed E-state index contributed by atoms with van der Waals surface area (Å²) in [5.74, 6) is 0.977. The zero-order chi connectivity index (χ0) is 15.8. The van der Waals surface area contributed by atoms with Crippen molar-refractivity contribution in [3.8, 4) is 0 Å². The van der Waals surface area contributed by atoms with Gasteiger partial charge in [0.15, 0.2) is 0 Å². The van der Waals surface area contributed by atoms with Crippen LogP contribution >= 0.6 is 0 Å². The summed E-state index contributed by atoms with van der Waals surface area (Å²) in [6.07, 6.45) is 3.33. The normalized spacial score (nSPS) is 14.7. The molecule has 0 unspecified atom stereocenters. The summed E-state index contributed by atoms with van der Waals surface area (Å²) in [5.41, 5.74) is 3.75. The maximum atomic E-state index is 11.8. The second-order valence-electron chi connectivity index (χ2n) is 5.71. The van der Waals surface area contributed by atoms with Gasteiger partial charge in [0.1, 0.15) is 5.82 Å². The fraction of sp³-hybridized carbons (Fsp3) is 0.235. The van der Waals surface area contributed by atoms with Gasteiger partial charge in [0.05, 0.1) is 16.6 Å². The number of aromatic amines is 1. The van der Waals surface area contributed by atoms with Crippen LogP contribution in [0.4, 0.5) is 17.2 Å². The molecule has 6 heteroatoms. The van der Waals surface area contributed by atoms with Crippen LogP contribution in [0.3, 0.4) is 0 Å². The third kappa shape index (κ3) is 2.42. The Labute approximate surface area is 133 Å². The molecule has 3 aromatic rings. The molecule has 23 heavy (non-hydrogen) atoms. The topological polar surface area (TPSA) is 73.9 Å². The van der Waals surface area contributed by atoms with Crippen molar-refractivity contribution in [1.82, 2.24) is 15.2 Å². The van der Waals surface area contributed by atoms with Gasteiger partial charge in [0.2, 0.25) is 5.91 Å². The molecular weight excluding hydrogens is 290 g/mol. The van der Waals surface area contributed by atoms with E-state index in [2.05, 4.69) is 20.5 Å². The molecule has 2 aromatic heterocycles. The van der Waals surface area contributed by atoms with E-state index in [-0.39, 0.29) is 5.91 Å². The van der Waals surface area contributed by atoms with Crippen LogP contribution in [0.5, 0.6) is 0 Å². The van der Waals surface area contributed by atoms with Gasteiger partial charge in [0, 0.05) is 30.5 Å². The summed E-state index contributed by atoms with van der Waals surface area (Å²) in [4.78, 5) is 18.0. The first-order chi connectivity index (χ1) is 11.2. The predicted octanol–water partition coefficient (Wildman–Crippen LogP) is 3.14. The van der Waals surface area contributed by atoms with Crippen molar-refractivity contribution in [2.75, 3.05) is 16.8 Å². The number of nitrogens with one attached hydrogen (secondary N) is 2. The fourth-order valence-corrected chi connectivity index (χ4v) is 3.00. The third-order valence-electron chi connectivity index (χ3n) is 4.17.